The van der Waals surface area contributed by atoms with E-state index < -0.39 is 0 Å². The fourth-order valence-corrected chi connectivity index (χ4v) is 3.68. The minimum atomic E-state index is -0.367. The molecule has 2 amide bonds. The average molecular weight is 480 g/mol. The number of rotatable bonds is 6. The first-order chi connectivity index (χ1) is 17.5. The van der Waals surface area contributed by atoms with Gasteiger partial charge in [0.25, 0.3) is 11.8 Å². The molecule has 0 aliphatic heterocycles. The zero-order valence-electron chi connectivity index (χ0n) is 19.2. The number of carbonyl (C=O) groups is 2. The van der Waals surface area contributed by atoms with Crippen molar-refractivity contribution in [1.82, 2.24) is 9.97 Å². The normalized spacial score (nSPS) is 10.7. The van der Waals surface area contributed by atoms with Crippen LogP contribution in [-0.2, 0) is 0 Å². The standard InChI is InChI=1S/C28H21FN4O3/c1-36-23-13-11-22(12-14-23)31-28(35)19-6-15-24-25(16-19)33-26(32-24)17-2-4-18(5-3-17)27(34)30-21-9-7-20(29)8-10-21/h2-16H,1H3,(H,30,34)(H,31,35)(H,32,33). The fourth-order valence-electron chi connectivity index (χ4n) is 3.68. The van der Waals surface area contributed by atoms with Gasteiger partial charge in [-0.25, -0.2) is 9.37 Å². The lowest BCUT2D eigenvalue weighted by Crippen LogP contribution is -2.11. The molecule has 0 saturated carbocycles. The Bertz CT molecular complexity index is 1540. The smallest absolute Gasteiger partial charge is 0.255 e. The van der Waals surface area contributed by atoms with Crippen LogP contribution in [-0.4, -0.2) is 28.9 Å². The van der Waals surface area contributed by atoms with Crippen LogP contribution >= 0.6 is 0 Å². The molecule has 5 rings (SSSR count). The van der Waals surface area contributed by atoms with Gasteiger partial charge in [0, 0.05) is 28.1 Å². The second kappa shape index (κ2) is 9.71. The lowest BCUT2D eigenvalue weighted by molar-refractivity contribution is 0.101. The lowest BCUT2D eigenvalue weighted by atomic mass is 10.1. The summed E-state index contributed by atoms with van der Waals surface area (Å²) in [5.74, 6) is 0.414. The molecule has 0 bridgehead atoms. The molecule has 36 heavy (non-hydrogen) atoms. The first-order valence-electron chi connectivity index (χ1n) is 11.1. The Balaban J connectivity index is 1.30. The van der Waals surface area contributed by atoms with E-state index in [1.54, 1.807) is 73.8 Å². The highest BCUT2D eigenvalue weighted by atomic mass is 19.1. The van der Waals surface area contributed by atoms with Crippen LogP contribution in [0.15, 0.2) is 91.0 Å². The van der Waals surface area contributed by atoms with Crippen molar-refractivity contribution in [1.29, 1.82) is 0 Å². The highest BCUT2D eigenvalue weighted by Gasteiger charge is 2.12. The van der Waals surface area contributed by atoms with Crippen molar-refractivity contribution in [2.45, 2.75) is 0 Å². The van der Waals surface area contributed by atoms with Gasteiger partial charge in [-0.1, -0.05) is 12.1 Å². The minimum Gasteiger partial charge on any atom is -0.497 e. The Morgan fingerprint density at radius 1 is 0.778 bits per heavy atom. The van der Waals surface area contributed by atoms with E-state index in [2.05, 4.69) is 20.6 Å². The maximum atomic E-state index is 13.1. The molecule has 0 saturated heterocycles. The number of H-pyrrole nitrogens is 1. The summed E-state index contributed by atoms with van der Waals surface area (Å²) in [6, 6.07) is 24.9. The van der Waals surface area contributed by atoms with Gasteiger partial charge >= 0.3 is 0 Å². The molecule has 7 nitrogen and oxygen atoms in total. The van der Waals surface area contributed by atoms with Crippen molar-refractivity contribution in [3.63, 3.8) is 0 Å². The van der Waals surface area contributed by atoms with Gasteiger partial charge in [-0.15, -0.1) is 0 Å². The summed E-state index contributed by atoms with van der Waals surface area (Å²) in [6.07, 6.45) is 0. The number of imidazole rings is 1. The number of anilines is 2. The molecule has 0 spiro atoms. The van der Waals surface area contributed by atoms with Crippen molar-refractivity contribution in [2.75, 3.05) is 17.7 Å². The fraction of sp³-hybridized carbons (Fsp3) is 0.0357. The van der Waals surface area contributed by atoms with Crippen LogP contribution in [0, 0.1) is 5.82 Å². The Morgan fingerprint density at radius 3 is 2.00 bits per heavy atom. The minimum absolute atomic E-state index is 0.241. The summed E-state index contributed by atoms with van der Waals surface area (Å²) in [7, 11) is 1.59. The van der Waals surface area contributed by atoms with E-state index in [0.29, 0.717) is 45.1 Å². The maximum absolute atomic E-state index is 13.1. The molecule has 0 fully saturated rings. The zero-order valence-corrected chi connectivity index (χ0v) is 19.2. The van der Waals surface area contributed by atoms with Gasteiger partial charge in [0.05, 0.1) is 18.1 Å². The largest absolute Gasteiger partial charge is 0.497 e. The third kappa shape index (κ3) is 4.92. The number of hydrogen-bond donors (Lipinski definition) is 3. The lowest BCUT2D eigenvalue weighted by Gasteiger charge is -2.06. The van der Waals surface area contributed by atoms with Crippen LogP contribution in [0.2, 0.25) is 0 Å². The number of methoxy groups -OCH3 is 1. The second-order valence-electron chi connectivity index (χ2n) is 8.04. The number of halogens is 1. The molecule has 3 N–H and O–H groups in total. The van der Waals surface area contributed by atoms with Crippen LogP contribution in [0.25, 0.3) is 22.4 Å². The van der Waals surface area contributed by atoms with E-state index in [1.807, 2.05) is 0 Å². The van der Waals surface area contributed by atoms with E-state index in [4.69, 9.17) is 4.74 Å². The van der Waals surface area contributed by atoms with Crippen LogP contribution in [0.5, 0.6) is 5.75 Å². The van der Waals surface area contributed by atoms with Gasteiger partial charge in [0.1, 0.15) is 17.4 Å². The van der Waals surface area contributed by atoms with Crippen molar-refractivity contribution in [2.24, 2.45) is 0 Å². The number of nitrogens with one attached hydrogen (secondary N) is 3. The summed E-state index contributed by atoms with van der Waals surface area (Å²) in [4.78, 5) is 33.0. The molecule has 8 heteroatoms. The van der Waals surface area contributed by atoms with Crippen LogP contribution in [0.4, 0.5) is 15.8 Å². The van der Waals surface area contributed by atoms with E-state index in [0.717, 1.165) is 5.56 Å². The van der Waals surface area contributed by atoms with Crippen LogP contribution in [0.1, 0.15) is 20.7 Å². The Morgan fingerprint density at radius 2 is 1.36 bits per heavy atom. The Labute approximate surface area is 206 Å². The number of fused-ring (bicyclic) bond motifs is 1. The summed E-state index contributed by atoms with van der Waals surface area (Å²) >= 11 is 0. The number of aromatic nitrogens is 2. The van der Waals surface area contributed by atoms with E-state index in [-0.39, 0.29) is 17.6 Å². The molecular weight excluding hydrogens is 459 g/mol. The van der Waals surface area contributed by atoms with Crippen LogP contribution in [0.3, 0.4) is 0 Å². The molecule has 0 unspecified atom stereocenters. The number of nitrogens with zero attached hydrogens (tertiary/aromatic N) is 1. The van der Waals surface area contributed by atoms with E-state index in [9.17, 15) is 14.0 Å². The first kappa shape index (κ1) is 22.8. The third-order valence-corrected chi connectivity index (χ3v) is 5.61. The van der Waals surface area contributed by atoms with Gasteiger partial charge in [-0.2, -0.15) is 0 Å². The summed E-state index contributed by atoms with van der Waals surface area (Å²) in [5, 5.41) is 5.60. The average Bonchev–Trinajstić information content (AvgIpc) is 3.34. The van der Waals surface area contributed by atoms with Gasteiger partial charge < -0.3 is 20.4 Å². The molecule has 0 aliphatic rings. The van der Waals surface area contributed by atoms with E-state index in [1.165, 1.54) is 24.3 Å². The van der Waals surface area contributed by atoms with Gasteiger partial charge in [0.15, 0.2) is 0 Å². The predicted octanol–water partition coefficient (Wildman–Crippen LogP) is 5.88. The molecule has 4 aromatic carbocycles. The van der Waals surface area contributed by atoms with Gasteiger partial charge in [-0.3, -0.25) is 9.59 Å². The topological polar surface area (TPSA) is 96.1 Å². The molecule has 0 atom stereocenters. The first-order valence-corrected chi connectivity index (χ1v) is 11.1. The summed E-state index contributed by atoms with van der Waals surface area (Å²) in [5.41, 5.74) is 4.32. The van der Waals surface area contributed by atoms with Crippen LogP contribution < -0.4 is 15.4 Å². The molecule has 5 aromatic rings. The number of hydrogen-bond acceptors (Lipinski definition) is 4. The maximum Gasteiger partial charge on any atom is 0.255 e. The summed E-state index contributed by atoms with van der Waals surface area (Å²) < 4.78 is 18.2. The molecule has 178 valence electrons. The second-order valence-corrected chi connectivity index (χ2v) is 8.04. The molecule has 0 aliphatic carbocycles. The third-order valence-electron chi connectivity index (χ3n) is 5.61. The number of ether oxygens (including phenoxy) is 1. The van der Waals surface area contributed by atoms with Crippen molar-refractivity contribution >= 4 is 34.2 Å². The summed E-state index contributed by atoms with van der Waals surface area (Å²) in [6.45, 7) is 0. The van der Waals surface area contributed by atoms with Gasteiger partial charge in [-0.05, 0) is 78.9 Å². The molecule has 1 aromatic heterocycles. The molecular formula is C28H21FN4O3. The van der Waals surface area contributed by atoms with E-state index >= 15 is 0 Å². The molecule has 1 heterocycles. The highest BCUT2D eigenvalue weighted by molar-refractivity contribution is 6.06. The van der Waals surface area contributed by atoms with Crippen molar-refractivity contribution < 1.29 is 18.7 Å². The molecule has 0 radical (unpaired) electrons. The van der Waals surface area contributed by atoms with Crippen molar-refractivity contribution in [3.05, 3.63) is 108 Å². The van der Waals surface area contributed by atoms with Gasteiger partial charge in [0.2, 0.25) is 0 Å². The SMILES string of the molecule is COc1ccc(NC(=O)c2ccc3nc(-c4ccc(C(=O)Nc5ccc(F)cc5)cc4)[nH]c3c2)cc1. The Kier molecular flexibility index (Phi) is 6.15. The van der Waals surface area contributed by atoms with Crippen molar-refractivity contribution in [3.8, 4) is 17.1 Å². The number of carbonyl (C=O) groups excluding carboxylic acids is 2. The number of aromatic amines is 1. The quantitative estimate of drug-likeness (QED) is 0.283. The number of amides is 2. The highest BCUT2D eigenvalue weighted by Crippen LogP contribution is 2.23. The predicted molar refractivity (Wildman–Crippen MR) is 137 cm³/mol. The number of benzene rings is 4. The monoisotopic (exact) mass is 480 g/mol. The Hall–Kier alpha value is -4.98. The zero-order chi connectivity index (χ0) is 25.1.